The van der Waals surface area contributed by atoms with Gasteiger partial charge in [0.1, 0.15) is 11.4 Å². The van der Waals surface area contributed by atoms with E-state index in [1.165, 1.54) is 11.0 Å². The van der Waals surface area contributed by atoms with Crippen LogP contribution in [0.4, 0.5) is 4.79 Å². The first-order valence-electron chi connectivity index (χ1n) is 8.15. The van der Waals surface area contributed by atoms with Crippen molar-refractivity contribution in [2.75, 3.05) is 27.4 Å². The number of carbonyl (C=O) groups is 3. The highest BCUT2D eigenvalue weighted by molar-refractivity contribution is 6.03. The summed E-state index contributed by atoms with van der Waals surface area (Å²) >= 11 is 0. The van der Waals surface area contributed by atoms with E-state index in [1.54, 1.807) is 20.8 Å². The second-order valence-corrected chi connectivity index (χ2v) is 6.64. The molecule has 1 aromatic rings. The monoisotopic (exact) mass is 383 g/mol. The Morgan fingerprint density at radius 2 is 1.56 bits per heavy atom. The number of phenols is 1. The minimum absolute atomic E-state index is 0.0549. The summed E-state index contributed by atoms with van der Waals surface area (Å²) in [6, 6.07) is 2.31. The number of rotatable bonds is 6. The molecule has 0 unspecified atom stereocenters. The Morgan fingerprint density at radius 3 is 2.00 bits per heavy atom. The van der Waals surface area contributed by atoms with E-state index in [-0.39, 0.29) is 42.1 Å². The van der Waals surface area contributed by atoms with Gasteiger partial charge in [0.2, 0.25) is 0 Å². The van der Waals surface area contributed by atoms with E-state index < -0.39 is 23.6 Å². The molecule has 0 radical (unpaired) electrons. The minimum Gasteiger partial charge on any atom is -0.508 e. The van der Waals surface area contributed by atoms with Gasteiger partial charge in [0.15, 0.2) is 0 Å². The number of aliphatic hydroxyl groups is 1. The number of benzene rings is 1. The summed E-state index contributed by atoms with van der Waals surface area (Å²) in [5.41, 5.74) is -0.872. The Morgan fingerprint density at radius 1 is 1.04 bits per heavy atom. The number of ether oxygens (including phenoxy) is 3. The number of nitrogens with zero attached hydrogens (tertiary/aromatic N) is 1. The van der Waals surface area contributed by atoms with Gasteiger partial charge in [-0.3, -0.25) is 0 Å². The lowest BCUT2D eigenvalue weighted by Gasteiger charge is -2.27. The molecule has 0 aliphatic heterocycles. The first kappa shape index (κ1) is 22.2. The minimum atomic E-state index is -0.823. The third-order valence-electron chi connectivity index (χ3n) is 3.41. The molecule has 0 fully saturated rings. The van der Waals surface area contributed by atoms with Gasteiger partial charge in [0, 0.05) is 12.1 Å². The highest BCUT2D eigenvalue weighted by atomic mass is 16.6. The lowest BCUT2D eigenvalue weighted by atomic mass is 10.0. The van der Waals surface area contributed by atoms with Crippen molar-refractivity contribution in [2.45, 2.75) is 32.9 Å². The van der Waals surface area contributed by atoms with Gasteiger partial charge in [-0.2, -0.15) is 0 Å². The summed E-state index contributed by atoms with van der Waals surface area (Å²) in [6.07, 6.45) is -0.701. The standard InChI is InChI=1S/C18H25NO8/c1-18(2,3)27-17(24)19(6-7-20)10-11-8-12(15(22)25-4)13(9-14(11)21)16(23)26-5/h8-9,20-21H,6-7,10H2,1-5H3. The van der Waals surface area contributed by atoms with Crippen LogP contribution in [0.1, 0.15) is 47.1 Å². The number of aromatic hydroxyl groups is 1. The van der Waals surface area contributed by atoms with Crippen molar-refractivity contribution >= 4 is 18.0 Å². The van der Waals surface area contributed by atoms with Crippen molar-refractivity contribution in [2.24, 2.45) is 0 Å². The Kier molecular flexibility index (Phi) is 7.59. The number of hydrogen-bond donors (Lipinski definition) is 2. The van der Waals surface area contributed by atoms with Gasteiger partial charge < -0.3 is 29.3 Å². The number of methoxy groups -OCH3 is 2. The molecule has 0 spiro atoms. The molecular formula is C18H25NO8. The molecule has 0 bridgehead atoms. The molecule has 0 atom stereocenters. The number of carbonyl (C=O) groups excluding carboxylic acids is 3. The van der Waals surface area contributed by atoms with Crippen LogP contribution in [-0.2, 0) is 20.8 Å². The molecule has 2 N–H and O–H groups in total. The van der Waals surface area contributed by atoms with Gasteiger partial charge in [-0.25, -0.2) is 14.4 Å². The van der Waals surface area contributed by atoms with Crippen LogP contribution in [0.25, 0.3) is 0 Å². The van der Waals surface area contributed by atoms with Crippen LogP contribution in [0, 0.1) is 0 Å². The number of aliphatic hydroxyl groups excluding tert-OH is 1. The molecule has 0 aliphatic rings. The quantitative estimate of drug-likeness (QED) is 0.562. The molecule has 9 nitrogen and oxygen atoms in total. The van der Waals surface area contributed by atoms with Crippen LogP contribution in [0.15, 0.2) is 12.1 Å². The summed E-state index contributed by atoms with van der Waals surface area (Å²) in [7, 11) is 2.29. The molecule has 9 heteroatoms. The molecule has 1 rings (SSSR count). The van der Waals surface area contributed by atoms with E-state index in [4.69, 9.17) is 4.74 Å². The van der Waals surface area contributed by atoms with Crippen LogP contribution in [0.5, 0.6) is 5.75 Å². The highest BCUT2D eigenvalue weighted by Crippen LogP contribution is 2.26. The van der Waals surface area contributed by atoms with Crippen LogP contribution >= 0.6 is 0 Å². The van der Waals surface area contributed by atoms with Crippen LogP contribution in [0.2, 0.25) is 0 Å². The van der Waals surface area contributed by atoms with Crippen LogP contribution in [-0.4, -0.2) is 66.1 Å². The van der Waals surface area contributed by atoms with Crippen LogP contribution < -0.4 is 0 Å². The number of amides is 1. The fourth-order valence-electron chi connectivity index (χ4n) is 2.21. The maximum absolute atomic E-state index is 12.3. The van der Waals surface area contributed by atoms with Gasteiger partial charge in [-0.05, 0) is 32.9 Å². The molecule has 0 heterocycles. The molecule has 0 saturated carbocycles. The number of esters is 2. The summed E-state index contributed by atoms with van der Waals surface area (Å²) < 4.78 is 14.5. The molecule has 1 amide bonds. The largest absolute Gasteiger partial charge is 0.508 e. The summed E-state index contributed by atoms with van der Waals surface area (Å²) in [6.45, 7) is 4.54. The van der Waals surface area contributed by atoms with Crippen LogP contribution in [0.3, 0.4) is 0 Å². The molecule has 27 heavy (non-hydrogen) atoms. The number of phenolic OH excluding ortho intramolecular Hbond substituents is 1. The lowest BCUT2D eigenvalue weighted by Crippen LogP contribution is -2.38. The third kappa shape index (κ3) is 6.14. The van der Waals surface area contributed by atoms with Crippen molar-refractivity contribution in [3.05, 3.63) is 28.8 Å². The van der Waals surface area contributed by atoms with Crippen molar-refractivity contribution in [3.8, 4) is 5.75 Å². The average molecular weight is 383 g/mol. The van der Waals surface area contributed by atoms with Crippen molar-refractivity contribution in [3.63, 3.8) is 0 Å². The molecule has 0 aromatic heterocycles. The van der Waals surface area contributed by atoms with Gasteiger partial charge >= 0.3 is 18.0 Å². The molecule has 1 aromatic carbocycles. The topological polar surface area (TPSA) is 123 Å². The van der Waals surface area contributed by atoms with Crippen molar-refractivity contribution in [1.29, 1.82) is 0 Å². The molecular weight excluding hydrogens is 358 g/mol. The zero-order valence-electron chi connectivity index (χ0n) is 16.1. The SMILES string of the molecule is COC(=O)c1cc(O)c(CN(CCO)C(=O)OC(C)(C)C)cc1C(=O)OC. The van der Waals surface area contributed by atoms with E-state index >= 15 is 0 Å². The summed E-state index contributed by atoms with van der Waals surface area (Å²) in [4.78, 5) is 37.3. The van der Waals surface area contributed by atoms with Crippen molar-refractivity contribution in [1.82, 2.24) is 4.90 Å². The smallest absolute Gasteiger partial charge is 0.410 e. The van der Waals surface area contributed by atoms with E-state index in [1.807, 2.05) is 0 Å². The zero-order valence-corrected chi connectivity index (χ0v) is 16.1. The Hall–Kier alpha value is -2.81. The molecule has 150 valence electrons. The lowest BCUT2D eigenvalue weighted by molar-refractivity contribution is 0.0200. The average Bonchev–Trinajstić information content (AvgIpc) is 2.59. The second kappa shape index (κ2) is 9.22. The summed E-state index contributed by atoms with van der Waals surface area (Å²) in [5.74, 6) is -1.95. The normalized spacial score (nSPS) is 10.9. The van der Waals surface area contributed by atoms with Gasteiger partial charge in [0.05, 0.1) is 38.5 Å². The van der Waals surface area contributed by atoms with E-state index in [9.17, 15) is 24.6 Å². The van der Waals surface area contributed by atoms with E-state index in [0.717, 1.165) is 20.3 Å². The zero-order chi connectivity index (χ0) is 20.8. The summed E-state index contributed by atoms with van der Waals surface area (Å²) in [5, 5.41) is 19.5. The Labute approximate surface area is 157 Å². The third-order valence-corrected chi connectivity index (χ3v) is 3.41. The first-order valence-corrected chi connectivity index (χ1v) is 8.15. The highest BCUT2D eigenvalue weighted by Gasteiger charge is 2.26. The fourth-order valence-corrected chi connectivity index (χ4v) is 2.21. The second-order valence-electron chi connectivity index (χ2n) is 6.64. The fraction of sp³-hybridized carbons (Fsp3) is 0.500. The van der Waals surface area contributed by atoms with E-state index in [2.05, 4.69) is 9.47 Å². The molecule has 0 aliphatic carbocycles. The van der Waals surface area contributed by atoms with Crippen molar-refractivity contribution < 1.29 is 38.8 Å². The number of hydrogen-bond acceptors (Lipinski definition) is 8. The van der Waals surface area contributed by atoms with E-state index in [0.29, 0.717) is 0 Å². The molecule has 0 saturated heterocycles. The Balaban J connectivity index is 3.28. The maximum atomic E-state index is 12.3. The van der Waals surface area contributed by atoms with Gasteiger partial charge in [-0.15, -0.1) is 0 Å². The predicted octanol–water partition coefficient (Wildman–Crippen LogP) is 1.69. The Bertz CT molecular complexity index is 708. The first-order chi connectivity index (χ1) is 12.5. The van der Waals surface area contributed by atoms with Gasteiger partial charge in [0.25, 0.3) is 0 Å². The predicted molar refractivity (Wildman–Crippen MR) is 94.5 cm³/mol. The van der Waals surface area contributed by atoms with Gasteiger partial charge in [-0.1, -0.05) is 0 Å². The maximum Gasteiger partial charge on any atom is 0.410 e.